The van der Waals surface area contributed by atoms with E-state index in [0.717, 1.165) is 5.69 Å². The van der Waals surface area contributed by atoms with Gasteiger partial charge in [-0.3, -0.25) is 4.79 Å². The number of amides is 1. The smallest absolute Gasteiger partial charge is 0.238 e. The lowest BCUT2D eigenvalue weighted by Gasteiger charge is -2.09. The fourth-order valence-corrected chi connectivity index (χ4v) is 1.33. The molecule has 4 nitrogen and oxygen atoms in total. The Morgan fingerprint density at radius 2 is 2.36 bits per heavy atom. The Balaban J connectivity index is 2.56. The van der Waals surface area contributed by atoms with Crippen LogP contribution < -0.4 is 5.32 Å². The second-order valence-corrected chi connectivity index (χ2v) is 3.97. The third-order valence-electron chi connectivity index (χ3n) is 1.47. The number of aromatic nitrogens is 1. The molecule has 0 aliphatic carbocycles. The standard InChI is InChI=1S/C9H12BrN3O/c1-13(2)6-9(14)12-7-3-4-11-8(10)5-7/h3-5H,6H2,1-2H3,(H,11,12,14). The molecule has 1 rings (SSSR count). The number of carbonyl (C=O) groups is 1. The van der Waals surface area contributed by atoms with Crippen LogP contribution in [0.15, 0.2) is 22.9 Å². The molecule has 0 bridgehead atoms. The minimum absolute atomic E-state index is 0.0342. The van der Waals surface area contributed by atoms with Gasteiger partial charge in [0, 0.05) is 11.9 Å². The molecule has 0 saturated carbocycles. The van der Waals surface area contributed by atoms with Crippen molar-refractivity contribution in [2.45, 2.75) is 0 Å². The molecule has 0 aliphatic heterocycles. The second-order valence-electron chi connectivity index (χ2n) is 3.15. The summed E-state index contributed by atoms with van der Waals surface area (Å²) in [5.41, 5.74) is 0.749. The van der Waals surface area contributed by atoms with Gasteiger partial charge in [-0.25, -0.2) is 4.98 Å². The van der Waals surface area contributed by atoms with E-state index in [4.69, 9.17) is 0 Å². The van der Waals surface area contributed by atoms with Crippen LogP contribution in [0.4, 0.5) is 5.69 Å². The number of nitrogens with zero attached hydrogens (tertiary/aromatic N) is 2. The van der Waals surface area contributed by atoms with Crippen molar-refractivity contribution < 1.29 is 4.79 Å². The molecule has 1 aromatic rings. The lowest BCUT2D eigenvalue weighted by Crippen LogP contribution is -2.27. The first-order valence-electron chi connectivity index (χ1n) is 4.14. The zero-order valence-electron chi connectivity index (χ0n) is 8.12. The number of hydrogen-bond donors (Lipinski definition) is 1. The number of nitrogens with one attached hydrogen (secondary N) is 1. The quantitative estimate of drug-likeness (QED) is 0.832. The van der Waals surface area contributed by atoms with E-state index in [0.29, 0.717) is 11.1 Å². The first-order chi connectivity index (χ1) is 6.58. The Morgan fingerprint density at radius 1 is 1.64 bits per heavy atom. The van der Waals surface area contributed by atoms with E-state index in [1.165, 1.54) is 0 Å². The minimum atomic E-state index is -0.0342. The summed E-state index contributed by atoms with van der Waals surface area (Å²) in [6, 6.07) is 3.51. The number of hydrogen-bond acceptors (Lipinski definition) is 3. The highest BCUT2D eigenvalue weighted by atomic mass is 79.9. The van der Waals surface area contributed by atoms with Crippen molar-refractivity contribution in [2.24, 2.45) is 0 Å². The van der Waals surface area contributed by atoms with Gasteiger partial charge in [-0.05, 0) is 42.2 Å². The van der Waals surface area contributed by atoms with Crippen molar-refractivity contribution in [1.82, 2.24) is 9.88 Å². The van der Waals surface area contributed by atoms with Crippen LogP contribution in [0.2, 0.25) is 0 Å². The number of halogens is 1. The van der Waals surface area contributed by atoms with Crippen molar-refractivity contribution >= 4 is 27.5 Å². The van der Waals surface area contributed by atoms with Crippen molar-refractivity contribution in [1.29, 1.82) is 0 Å². The normalized spacial score (nSPS) is 10.3. The Morgan fingerprint density at radius 3 is 2.93 bits per heavy atom. The molecule has 0 radical (unpaired) electrons. The monoisotopic (exact) mass is 257 g/mol. The highest BCUT2D eigenvalue weighted by molar-refractivity contribution is 9.10. The molecule has 0 saturated heterocycles. The molecule has 1 heterocycles. The average molecular weight is 258 g/mol. The van der Waals surface area contributed by atoms with Gasteiger partial charge in [-0.15, -0.1) is 0 Å². The number of anilines is 1. The van der Waals surface area contributed by atoms with Crippen LogP contribution in [-0.4, -0.2) is 36.4 Å². The van der Waals surface area contributed by atoms with Crippen molar-refractivity contribution in [3.8, 4) is 0 Å². The van der Waals surface area contributed by atoms with Gasteiger partial charge < -0.3 is 10.2 Å². The van der Waals surface area contributed by atoms with E-state index in [1.54, 1.807) is 18.3 Å². The van der Waals surface area contributed by atoms with Gasteiger partial charge in [0.15, 0.2) is 0 Å². The van der Waals surface area contributed by atoms with Gasteiger partial charge in [-0.1, -0.05) is 0 Å². The molecule has 1 N–H and O–H groups in total. The summed E-state index contributed by atoms with van der Waals surface area (Å²) in [6.45, 7) is 0.375. The SMILES string of the molecule is CN(C)CC(=O)Nc1ccnc(Br)c1. The molecule has 0 spiro atoms. The van der Waals surface area contributed by atoms with E-state index in [1.807, 2.05) is 19.0 Å². The molecule has 0 unspecified atom stereocenters. The van der Waals surface area contributed by atoms with Gasteiger partial charge in [0.2, 0.25) is 5.91 Å². The van der Waals surface area contributed by atoms with Crippen LogP contribution in [0.25, 0.3) is 0 Å². The highest BCUT2D eigenvalue weighted by Crippen LogP contribution is 2.12. The van der Waals surface area contributed by atoms with Crippen LogP contribution in [0.3, 0.4) is 0 Å². The van der Waals surface area contributed by atoms with E-state index in [2.05, 4.69) is 26.2 Å². The van der Waals surface area contributed by atoms with E-state index < -0.39 is 0 Å². The summed E-state index contributed by atoms with van der Waals surface area (Å²) >= 11 is 3.23. The topological polar surface area (TPSA) is 45.2 Å². The maximum absolute atomic E-state index is 11.3. The Labute approximate surface area is 91.4 Å². The molecule has 14 heavy (non-hydrogen) atoms. The number of rotatable bonds is 3. The van der Waals surface area contributed by atoms with Gasteiger partial charge in [-0.2, -0.15) is 0 Å². The summed E-state index contributed by atoms with van der Waals surface area (Å²) in [7, 11) is 3.70. The third-order valence-corrected chi connectivity index (χ3v) is 1.90. The van der Waals surface area contributed by atoms with Crippen LogP contribution >= 0.6 is 15.9 Å². The number of pyridine rings is 1. The van der Waals surface area contributed by atoms with E-state index >= 15 is 0 Å². The third kappa shape index (κ3) is 3.85. The fourth-order valence-electron chi connectivity index (χ4n) is 0.968. The van der Waals surface area contributed by atoms with Crippen LogP contribution in [0, 0.1) is 0 Å². The summed E-state index contributed by atoms with van der Waals surface area (Å²) in [5.74, 6) is -0.0342. The van der Waals surface area contributed by atoms with Gasteiger partial charge in [0.05, 0.1) is 6.54 Å². The molecular weight excluding hydrogens is 246 g/mol. The first-order valence-corrected chi connectivity index (χ1v) is 4.93. The Hall–Kier alpha value is -0.940. The minimum Gasteiger partial charge on any atom is -0.325 e. The maximum Gasteiger partial charge on any atom is 0.238 e. The molecular formula is C9H12BrN3O. The van der Waals surface area contributed by atoms with E-state index in [-0.39, 0.29) is 5.91 Å². The zero-order valence-corrected chi connectivity index (χ0v) is 9.71. The molecule has 5 heteroatoms. The first kappa shape index (κ1) is 11.1. The summed E-state index contributed by atoms with van der Waals surface area (Å²) < 4.78 is 0.708. The largest absolute Gasteiger partial charge is 0.325 e. The van der Waals surface area contributed by atoms with Crippen LogP contribution in [0.5, 0.6) is 0 Å². The predicted molar refractivity (Wildman–Crippen MR) is 59.1 cm³/mol. The molecule has 0 atom stereocenters. The molecule has 0 aromatic carbocycles. The lowest BCUT2D eigenvalue weighted by atomic mass is 10.4. The second kappa shape index (κ2) is 5.07. The van der Waals surface area contributed by atoms with Gasteiger partial charge in [0.25, 0.3) is 0 Å². The summed E-state index contributed by atoms with van der Waals surface area (Å²) in [6.07, 6.45) is 1.63. The summed E-state index contributed by atoms with van der Waals surface area (Å²) in [5, 5.41) is 2.76. The average Bonchev–Trinajstić information content (AvgIpc) is 2.01. The highest BCUT2D eigenvalue weighted by Gasteiger charge is 2.03. The Kier molecular flexibility index (Phi) is 4.03. The molecule has 0 aliphatic rings. The summed E-state index contributed by atoms with van der Waals surface area (Å²) in [4.78, 5) is 17.1. The van der Waals surface area contributed by atoms with Crippen LogP contribution in [-0.2, 0) is 4.79 Å². The molecule has 76 valence electrons. The molecule has 1 aromatic heterocycles. The van der Waals surface area contributed by atoms with Crippen LogP contribution in [0.1, 0.15) is 0 Å². The van der Waals surface area contributed by atoms with Crippen molar-refractivity contribution in [3.63, 3.8) is 0 Å². The van der Waals surface area contributed by atoms with Gasteiger partial charge in [0.1, 0.15) is 4.60 Å². The van der Waals surface area contributed by atoms with Crippen molar-refractivity contribution in [2.75, 3.05) is 26.0 Å². The van der Waals surface area contributed by atoms with Gasteiger partial charge >= 0.3 is 0 Å². The molecule has 0 fully saturated rings. The lowest BCUT2D eigenvalue weighted by molar-refractivity contribution is -0.116. The fraction of sp³-hybridized carbons (Fsp3) is 0.333. The predicted octanol–water partition coefficient (Wildman–Crippen LogP) is 1.34. The number of likely N-dealkylation sites (N-methyl/N-ethyl adjacent to an activating group) is 1. The Bertz CT molecular complexity index is 328. The van der Waals surface area contributed by atoms with E-state index in [9.17, 15) is 4.79 Å². The zero-order chi connectivity index (χ0) is 10.6. The molecule has 1 amide bonds. The maximum atomic E-state index is 11.3. The van der Waals surface area contributed by atoms with Crippen molar-refractivity contribution in [3.05, 3.63) is 22.9 Å². The number of carbonyl (C=O) groups excluding carboxylic acids is 1.